The van der Waals surface area contributed by atoms with Crippen LogP contribution in [0, 0.1) is 13.8 Å². The lowest BCUT2D eigenvalue weighted by Crippen LogP contribution is -2.48. The number of carbonyl (C=O) groups is 3. The van der Waals surface area contributed by atoms with E-state index in [2.05, 4.69) is 15.0 Å². The normalized spacial score (nSPS) is 13.7. The summed E-state index contributed by atoms with van der Waals surface area (Å²) in [5.74, 6) is -2.43. The van der Waals surface area contributed by atoms with Crippen LogP contribution in [0.5, 0.6) is 0 Å². The first kappa shape index (κ1) is 26.5. The Balaban J connectivity index is 2.29. The second-order valence-electron chi connectivity index (χ2n) is 8.24. The Labute approximate surface area is 204 Å². The van der Waals surface area contributed by atoms with Gasteiger partial charge in [0.05, 0.1) is 24.2 Å². The SMILES string of the molecule is CC(=O)O[C@@H]([C@H](Cn1c2nc(=O)[nH]c(=O)c-2nc2cc(C)c(C)cc21)OC(C)=O)[C@@H](CO)OC(C)=O. The lowest BCUT2D eigenvalue weighted by Gasteiger charge is -2.32. The highest BCUT2D eigenvalue weighted by Crippen LogP contribution is 2.26. The average molecular weight is 502 g/mol. The van der Waals surface area contributed by atoms with Gasteiger partial charge >= 0.3 is 23.6 Å². The number of nitrogens with zero attached hydrogens (tertiary/aromatic N) is 3. The first-order valence-corrected chi connectivity index (χ1v) is 11.0. The van der Waals surface area contributed by atoms with E-state index in [0.717, 1.165) is 31.9 Å². The number of benzene rings is 1. The molecular formula is C23H26N4O9. The molecule has 3 atom stereocenters. The van der Waals surface area contributed by atoms with Gasteiger partial charge in [0.15, 0.2) is 29.8 Å². The fourth-order valence-corrected chi connectivity index (χ4v) is 3.84. The minimum absolute atomic E-state index is 0.105. The number of H-pyrrole nitrogens is 1. The van der Waals surface area contributed by atoms with E-state index in [1.54, 1.807) is 12.1 Å². The maximum atomic E-state index is 12.5. The monoisotopic (exact) mass is 502 g/mol. The first-order valence-electron chi connectivity index (χ1n) is 11.0. The predicted octanol–water partition coefficient (Wildman–Crippen LogP) is -0.0112. The number of ether oxygens (including phenoxy) is 3. The summed E-state index contributed by atoms with van der Waals surface area (Å²) in [6.07, 6.45) is -4.16. The third-order valence-corrected chi connectivity index (χ3v) is 5.44. The zero-order chi connectivity index (χ0) is 26.7. The Morgan fingerprint density at radius 2 is 1.53 bits per heavy atom. The van der Waals surface area contributed by atoms with Gasteiger partial charge in [-0.3, -0.25) is 24.2 Å². The number of aliphatic hydroxyl groups excluding tert-OH is 1. The number of aromatic nitrogens is 4. The van der Waals surface area contributed by atoms with Gasteiger partial charge in [-0.2, -0.15) is 4.98 Å². The molecule has 192 valence electrons. The fraction of sp³-hybridized carbons (Fsp3) is 0.435. The molecule has 0 aromatic heterocycles. The summed E-state index contributed by atoms with van der Waals surface area (Å²) in [4.78, 5) is 70.5. The van der Waals surface area contributed by atoms with E-state index < -0.39 is 54.1 Å². The second kappa shape index (κ2) is 10.6. The highest BCUT2D eigenvalue weighted by atomic mass is 16.6. The molecule has 0 fully saturated rings. The Kier molecular flexibility index (Phi) is 7.83. The molecule has 0 saturated carbocycles. The molecule has 36 heavy (non-hydrogen) atoms. The molecule has 0 spiro atoms. The third kappa shape index (κ3) is 5.74. The van der Waals surface area contributed by atoms with Gasteiger partial charge in [0, 0.05) is 20.8 Å². The minimum Gasteiger partial charge on any atom is -0.457 e. The van der Waals surface area contributed by atoms with Crippen molar-refractivity contribution < 1.29 is 33.7 Å². The van der Waals surface area contributed by atoms with Gasteiger partial charge in [-0.15, -0.1) is 0 Å². The van der Waals surface area contributed by atoms with Crippen molar-refractivity contribution in [3.05, 3.63) is 44.1 Å². The number of aromatic amines is 1. The minimum atomic E-state index is -1.44. The summed E-state index contributed by atoms with van der Waals surface area (Å²) < 4.78 is 17.3. The molecule has 0 saturated heterocycles. The number of aryl methyl sites for hydroxylation is 2. The number of carbonyl (C=O) groups excluding carboxylic acids is 3. The van der Waals surface area contributed by atoms with E-state index in [0.29, 0.717) is 11.0 Å². The average Bonchev–Trinajstić information content (AvgIpc) is 2.76. The lowest BCUT2D eigenvalue weighted by molar-refractivity contribution is -0.187. The fourth-order valence-electron chi connectivity index (χ4n) is 3.84. The van der Waals surface area contributed by atoms with Crippen molar-refractivity contribution in [3.63, 3.8) is 0 Å². The summed E-state index contributed by atoms with van der Waals surface area (Å²) in [6.45, 7) is 5.98. The highest BCUT2D eigenvalue weighted by Gasteiger charge is 2.38. The Morgan fingerprint density at radius 3 is 2.11 bits per heavy atom. The number of esters is 3. The standard InChI is InChI=1S/C23H26N4O9/c1-10-6-15-16(7-11(10)2)27(21-19(24-15)22(32)26-23(33)25-21)8-17(34-12(3)29)20(36-14(5)31)18(9-28)35-13(4)30/h6-7,17-18,20,28H,8-9H2,1-5H3,(H,26,32,33)/t17-,18+,20-/m0/s1. The zero-order valence-corrected chi connectivity index (χ0v) is 20.4. The molecule has 2 heterocycles. The molecule has 13 nitrogen and oxygen atoms in total. The number of hydrogen-bond acceptors (Lipinski definition) is 11. The number of fused-ring (bicyclic) bond motifs is 2. The Bertz CT molecular complexity index is 1410. The van der Waals surface area contributed by atoms with Crippen LogP contribution in [-0.2, 0) is 35.1 Å². The van der Waals surface area contributed by atoms with E-state index in [4.69, 9.17) is 14.2 Å². The van der Waals surface area contributed by atoms with Crippen LogP contribution in [0.3, 0.4) is 0 Å². The van der Waals surface area contributed by atoms with E-state index in [-0.39, 0.29) is 18.1 Å². The second-order valence-corrected chi connectivity index (χ2v) is 8.24. The van der Waals surface area contributed by atoms with E-state index >= 15 is 0 Å². The maximum Gasteiger partial charge on any atom is 0.349 e. The molecule has 0 bridgehead atoms. The molecule has 0 radical (unpaired) electrons. The number of aliphatic hydroxyl groups is 1. The van der Waals surface area contributed by atoms with Gasteiger partial charge in [-0.25, -0.2) is 9.78 Å². The van der Waals surface area contributed by atoms with Crippen LogP contribution in [-0.4, -0.2) is 67.5 Å². The molecule has 2 aliphatic heterocycles. The summed E-state index contributed by atoms with van der Waals surface area (Å²) in [5.41, 5.74) is 0.742. The van der Waals surface area contributed by atoms with Crippen molar-refractivity contribution in [2.45, 2.75) is 59.5 Å². The number of rotatable bonds is 8. The molecule has 0 aliphatic carbocycles. The van der Waals surface area contributed by atoms with Crippen LogP contribution in [0.1, 0.15) is 31.9 Å². The lowest BCUT2D eigenvalue weighted by atomic mass is 10.1. The molecular weight excluding hydrogens is 476 g/mol. The number of nitrogens with one attached hydrogen (secondary N) is 1. The van der Waals surface area contributed by atoms with Crippen molar-refractivity contribution >= 4 is 28.9 Å². The van der Waals surface area contributed by atoms with Crippen LogP contribution in [0.2, 0.25) is 0 Å². The maximum absolute atomic E-state index is 12.5. The Morgan fingerprint density at radius 1 is 0.944 bits per heavy atom. The highest BCUT2D eigenvalue weighted by molar-refractivity contribution is 5.81. The largest absolute Gasteiger partial charge is 0.457 e. The third-order valence-electron chi connectivity index (χ3n) is 5.44. The molecule has 3 rings (SSSR count). The topological polar surface area (TPSA) is 180 Å². The van der Waals surface area contributed by atoms with Crippen LogP contribution in [0.4, 0.5) is 0 Å². The van der Waals surface area contributed by atoms with Crippen LogP contribution < -0.4 is 11.2 Å². The Hall–Kier alpha value is -4.13. The van der Waals surface area contributed by atoms with E-state index in [9.17, 15) is 29.1 Å². The van der Waals surface area contributed by atoms with Gasteiger partial charge < -0.3 is 23.9 Å². The summed E-state index contributed by atoms with van der Waals surface area (Å²) in [5, 5.41) is 9.87. The predicted molar refractivity (Wildman–Crippen MR) is 124 cm³/mol. The molecule has 13 heteroatoms. The zero-order valence-electron chi connectivity index (χ0n) is 20.4. The van der Waals surface area contributed by atoms with Crippen LogP contribution >= 0.6 is 0 Å². The van der Waals surface area contributed by atoms with Crippen molar-refractivity contribution in [1.29, 1.82) is 0 Å². The van der Waals surface area contributed by atoms with E-state index in [1.165, 1.54) is 4.57 Å². The molecule has 1 aromatic rings. The van der Waals surface area contributed by atoms with Gasteiger partial charge in [-0.1, -0.05) is 0 Å². The summed E-state index contributed by atoms with van der Waals surface area (Å²) in [6, 6.07) is 3.50. The quantitative estimate of drug-likeness (QED) is 0.240. The number of hydrogen-bond donors (Lipinski definition) is 2. The molecule has 2 aliphatic rings. The van der Waals surface area contributed by atoms with Crippen molar-refractivity contribution in [2.75, 3.05) is 6.61 Å². The van der Waals surface area contributed by atoms with Gasteiger partial charge in [0.2, 0.25) is 0 Å². The molecule has 0 unspecified atom stereocenters. The van der Waals surface area contributed by atoms with Crippen molar-refractivity contribution in [2.24, 2.45) is 0 Å². The van der Waals surface area contributed by atoms with Gasteiger partial charge in [0.25, 0.3) is 5.56 Å². The van der Waals surface area contributed by atoms with Crippen molar-refractivity contribution in [3.8, 4) is 11.5 Å². The smallest absolute Gasteiger partial charge is 0.349 e. The van der Waals surface area contributed by atoms with Gasteiger partial charge in [-0.05, 0) is 37.1 Å². The van der Waals surface area contributed by atoms with E-state index in [1.807, 2.05) is 13.8 Å². The summed E-state index contributed by atoms with van der Waals surface area (Å²) >= 11 is 0. The van der Waals surface area contributed by atoms with Crippen LogP contribution in [0.25, 0.3) is 22.6 Å². The van der Waals surface area contributed by atoms with Gasteiger partial charge in [0.1, 0.15) is 0 Å². The molecule has 2 N–H and O–H groups in total. The summed E-state index contributed by atoms with van der Waals surface area (Å²) in [7, 11) is 0. The molecule has 1 aromatic carbocycles. The van der Waals surface area contributed by atoms with Crippen LogP contribution in [0.15, 0.2) is 21.7 Å². The van der Waals surface area contributed by atoms with Crippen molar-refractivity contribution in [1.82, 2.24) is 19.5 Å². The molecule has 0 amide bonds. The first-order chi connectivity index (χ1) is 16.9.